The van der Waals surface area contributed by atoms with Gasteiger partial charge in [-0.1, -0.05) is 30.3 Å². The highest BCUT2D eigenvalue weighted by Gasteiger charge is 2.21. The number of carbonyl (C=O) groups excluding carboxylic acids is 2. The smallest absolute Gasteiger partial charge is 0.340 e. The maximum Gasteiger partial charge on any atom is 0.340 e. The average molecular weight is 469 g/mol. The number of ether oxygens (including phenoxy) is 1. The van der Waals surface area contributed by atoms with E-state index in [9.17, 15) is 28.1 Å². The van der Waals surface area contributed by atoms with Crippen LogP contribution in [0.25, 0.3) is 0 Å². The molecule has 170 valence electrons. The zero-order chi connectivity index (χ0) is 24.0. The third-order valence-corrected chi connectivity index (χ3v) is 5.73. The first kappa shape index (κ1) is 23.4. The Labute approximate surface area is 189 Å². The molecule has 2 N–H and O–H groups in total. The van der Waals surface area contributed by atoms with E-state index in [1.807, 2.05) is 13.0 Å². The SMILES string of the molecule is Cc1cccc(NC(=O)COC(=O)c2ccccc2NS(=O)(=O)c2cccc([N+](=O)[O-])c2)c1. The van der Waals surface area contributed by atoms with Crippen LogP contribution in [0.2, 0.25) is 0 Å². The lowest BCUT2D eigenvalue weighted by atomic mass is 10.2. The van der Waals surface area contributed by atoms with Crippen molar-refractivity contribution in [1.29, 1.82) is 0 Å². The second-order valence-electron chi connectivity index (χ2n) is 6.90. The van der Waals surface area contributed by atoms with E-state index in [4.69, 9.17) is 4.74 Å². The Morgan fingerprint density at radius 1 is 1.00 bits per heavy atom. The van der Waals surface area contributed by atoms with E-state index in [0.717, 1.165) is 17.7 Å². The summed E-state index contributed by atoms with van der Waals surface area (Å²) in [5.74, 6) is -1.49. The number of esters is 1. The first-order chi connectivity index (χ1) is 15.7. The van der Waals surface area contributed by atoms with E-state index < -0.39 is 39.1 Å². The minimum absolute atomic E-state index is 0.104. The summed E-state index contributed by atoms with van der Waals surface area (Å²) in [4.78, 5) is 34.5. The minimum Gasteiger partial charge on any atom is -0.452 e. The van der Waals surface area contributed by atoms with Crippen molar-refractivity contribution in [2.24, 2.45) is 0 Å². The van der Waals surface area contributed by atoms with Crippen molar-refractivity contribution in [3.63, 3.8) is 0 Å². The first-order valence-corrected chi connectivity index (χ1v) is 11.0. The third-order valence-electron chi connectivity index (χ3n) is 4.37. The molecule has 3 rings (SSSR count). The topological polar surface area (TPSA) is 145 Å². The highest BCUT2D eigenvalue weighted by Crippen LogP contribution is 2.23. The highest BCUT2D eigenvalue weighted by molar-refractivity contribution is 7.92. The predicted molar refractivity (Wildman–Crippen MR) is 120 cm³/mol. The number of nitro groups is 1. The number of non-ortho nitro benzene ring substituents is 1. The van der Waals surface area contributed by atoms with Crippen LogP contribution in [-0.4, -0.2) is 31.8 Å². The summed E-state index contributed by atoms with van der Waals surface area (Å²) >= 11 is 0. The van der Waals surface area contributed by atoms with Gasteiger partial charge in [0.25, 0.3) is 21.6 Å². The monoisotopic (exact) mass is 469 g/mol. The molecule has 0 heterocycles. The molecule has 0 atom stereocenters. The Morgan fingerprint density at radius 2 is 1.73 bits per heavy atom. The van der Waals surface area contributed by atoms with Crippen LogP contribution in [0.3, 0.4) is 0 Å². The fourth-order valence-electron chi connectivity index (χ4n) is 2.85. The number of nitrogens with one attached hydrogen (secondary N) is 2. The first-order valence-electron chi connectivity index (χ1n) is 9.56. The number of benzene rings is 3. The number of aryl methyl sites for hydroxylation is 1. The van der Waals surface area contributed by atoms with Gasteiger partial charge in [0.05, 0.1) is 21.1 Å². The summed E-state index contributed by atoms with van der Waals surface area (Å²) in [6.45, 7) is 1.28. The molecule has 1 amide bonds. The van der Waals surface area contributed by atoms with Crippen molar-refractivity contribution in [1.82, 2.24) is 0 Å². The number of carbonyl (C=O) groups is 2. The van der Waals surface area contributed by atoms with Crippen LogP contribution in [0.1, 0.15) is 15.9 Å². The van der Waals surface area contributed by atoms with E-state index in [2.05, 4.69) is 10.0 Å². The molecule has 0 aromatic heterocycles. The number of sulfonamides is 1. The lowest BCUT2D eigenvalue weighted by Crippen LogP contribution is -2.22. The van der Waals surface area contributed by atoms with Crippen molar-refractivity contribution in [2.75, 3.05) is 16.6 Å². The number of hydrogen-bond donors (Lipinski definition) is 2. The van der Waals surface area contributed by atoms with Crippen LogP contribution < -0.4 is 10.0 Å². The summed E-state index contributed by atoms with van der Waals surface area (Å²) in [6, 6.07) is 17.2. The van der Waals surface area contributed by atoms with Gasteiger partial charge in [0.15, 0.2) is 6.61 Å². The van der Waals surface area contributed by atoms with E-state index in [1.54, 1.807) is 18.2 Å². The molecule has 0 bridgehead atoms. The molecular weight excluding hydrogens is 450 g/mol. The van der Waals surface area contributed by atoms with Crippen LogP contribution >= 0.6 is 0 Å². The van der Waals surface area contributed by atoms with Gasteiger partial charge < -0.3 is 10.1 Å². The van der Waals surface area contributed by atoms with Crippen molar-refractivity contribution in [2.45, 2.75) is 11.8 Å². The normalized spacial score (nSPS) is 10.8. The summed E-state index contributed by atoms with van der Waals surface area (Å²) in [5.41, 5.74) is 0.851. The fourth-order valence-corrected chi connectivity index (χ4v) is 3.97. The molecule has 0 saturated carbocycles. The van der Waals surface area contributed by atoms with Crippen molar-refractivity contribution < 1.29 is 27.7 Å². The van der Waals surface area contributed by atoms with Crippen LogP contribution in [0.4, 0.5) is 17.1 Å². The molecule has 10 nitrogen and oxygen atoms in total. The Hall–Kier alpha value is -4.25. The average Bonchev–Trinajstić information content (AvgIpc) is 2.77. The fraction of sp³-hybridized carbons (Fsp3) is 0.0909. The van der Waals surface area contributed by atoms with Crippen LogP contribution in [0.15, 0.2) is 77.7 Å². The van der Waals surface area contributed by atoms with Gasteiger partial charge in [0.2, 0.25) is 0 Å². The Kier molecular flexibility index (Phi) is 7.04. The molecule has 3 aromatic carbocycles. The molecule has 0 fully saturated rings. The molecular formula is C22H19N3O7S. The van der Waals surface area contributed by atoms with Gasteiger partial charge in [-0.05, 0) is 42.8 Å². The van der Waals surface area contributed by atoms with Gasteiger partial charge >= 0.3 is 5.97 Å². The highest BCUT2D eigenvalue weighted by atomic mass is 32.2. The lowest BCUT2D eigenvalue weighted by Gasteiger charge is -2.12. The van der Waals surface area contributed by atoms with E-state index in [-0.39, 0.29) is 16.1 Å². The lowest BCUT2D eigenvalue weighted by molar-refractivity contribution is -0.385. The number of anilines is 2. The van der Waals surface area contributed by atoms with Crippen LogP contribution in [0, 0.1) is 17.0 Å². The molecule has 0 unspecified atom stereocenters. The Bertz CT molecular complexity index is 1320. The van der Waals surface area contributed by atoms with E-state index in [1.165, 1.54) is 36.4 Å². The van der Waals surface area contributed by atoms with Gasteiger partial charge in [-0.25, -0.2) is 13.2 Å². The maximum absolute atomic E-state index is 12.7. The zero-order valence-corrected chi connectivity index (χ0v) is 18.2. The quantitative estimate of drug-likeness (QED) is 0.292. The molecule has 0 aliphatic heterocycles. The summed E-state index contributed by atoms with van der Waals surface area (Å²) in [6.07, 6.45) is 0. The van der Waals surface area contributed by atoms with Crippen LogP contribution in [-0.2, 0) is 19.6 Å². The Balaban J connectivity index is 1.72. The number of para-hydroxylation sites is 1. The van der Waals surface area contributed by atoms with Gasteiger partial charge in [-0.2, -0.15) is 0 Å². The van der Waals surface area contributed by atoms with Crippen molar-refractivity contribution in [3.8, 4) is 0 Å². The summed E-state index contributed by atoms with van der Waals surface area (Å²) < 4.78 is 32.7. The largest absolute Gasteiger partial charge is 0.452 e. The molecule has 3 aromatic rings. The van der Waals surface area contributed by atoms with Crippen molar-refractivity contribution >= 4 is 39.0 Å². The summed E-state index contributed by atoms with van der Waals surface area (Å²) in [5, 5.41) is 13.5. The number of amides is 1. The second kappa shape index (κ2) is 9.92. The molecule has 0 saturated heterocycles. The van der Waals surface area contributed by atoms with Gasteiger partial charge in [-0.15, -0.1) is 0 Å². The molecule has 0 aliphatic carbocycles. The molecule has 0 spiro atoms. The van der Waals surface area contributed by atoms with E-state index >= 15 is 0 Å². The van der Waals surface area contributed by atoms with Gasteiger partial charge in [0.1, 0.15) is 0 Å². The van der Waals surface area contributed by atoms with E-state index in [0.29, 0.717) is 5.69 Å². The second-order valence-corrected chi connectivity index (χ2v) is 8.58. The number of nitro benzene ring substituents is 1. The molecule has 0 radical (unpaired) electrons. The Morgan fingerprint density at radius 3 is 2.45 bits per heavy atom. The summed E-state index contributed by atoms with van der Waals surface area (Å²) in [7, 11) is -4.24. The molecule has 33 heavy (non-hydrogen) atoms. The maximum atomic E-state index is 12.7. The van der Waals surface area contributed by atoms with Crippen LogP contribution in [0.5, 0.6) is 0 Å². The predicted octanol–water partition coefficient (Wildman–Crippen LogP) is 3.50. The minimum atomic E-state index is -4.24. The van der Waals surface area contributed by atoms with Crippen molar-refractivity contribution in [3.05, 3.63) is 94.0 Å². The molecule has 11 heteroatoms. The zero-order valence-electron chi connectivity index (χ0n) is 17.3. The number of hydrogen-bond acceptors (Lipinski definition) is 7. The van der Waals surface area contributed by atoms with Gasteiger partial charge in [-0.3, -0.25) is 19.6 Å². The standard InChI is InChI=1S/C22H19N3O7S/c1-15-6-4-7-16(12-15)23-21(26)14-32-22(27)19-10-2-3-11-20(19)24-33(30,31)18-9-5-8-17(13-18)25(28)29/h2-13,24H,14H2,1H3,(H,23,26). The molecule has 0 aliphatic rings. The number of nitrogens with zero attached hydrogens (tertiary/aromatic N) is 1. The van der Waals surface area contributed by atoms with Gasteiger partial charge in [0, 0.05) is 17.8 Å². The number of rotatable bonds is 8. The third kappa shape index (κ3) is 6.14.